The molecule has 0 atom stereocenters. The van der Waals surface area contributed by atoms with Crippen LogP contribution in [0.5, 0.6) is 11.5 Å². The molecule has 108 valence electrons. The molecule has 1 aromatic heterocycles. The molecule has 0 radical (unpaired) electrons. The van der Waals surface area contributed by atoms with E-state index in [4.69, 9.17) is 10.2 Å². The third-order valence-corrected chi connectivity index (χ3v) is 3.22. The van der Waals surface area contributed by atoms with Crippen molar-refractivity contribution in [3.05, 3.63) is 40.6 Å². The molecule has 0 aliphatic carbocycles. The van der Waals surface area contributed by atoms with E-state index in [1.54, 1.807) is 18.2 Å². The summed E-state index contributed by atoms with van der Waals surface area (Å²) >= 11 is 0. The van der Waals surface area contributed by atoms with Crippen LogP contribution in [0.25, 0.3) is 21.9 Å². The Balaban J connectivity index is 2.39. The Morgan fingerprint density at radius 2 is 2.05 bits per heavy atom. The molecule has 0 amide bonds. The van der Waals surface area contributed by atoms with Crippen molar-refractivity contribution in [3.63, 3.8) is 0 Å². The van der Waals surface area contributed by atoms with Crippen molar-refractivity contribution in [2.24, 2.45) is 5.73 Å². The molecule has 3 rings (SSSR count). The van der Waals surface area contributed by atoms with Crippen LogP contribution in [-0.2, 0) is 0 Å². The average molecular weight is 286 g/mol. The molecule has 0 aliphatic rings. The molecule has 0 unspecified atom stereocenters. The summed E-state index contributed by atoms with van der Waals surface area (Å²) in [6.45, 7) is 0.974. The minimum absolute atomic E-state index is 0.0521. The summed E-state index contributed by atoms with van der Waals surface area (Å²) in [5, 5.41) is 22.9. The highest BCUT2D eigenvalue weighted by atomic mass is 16.3. The molecule has 0 aliphatic heterocycles. The number of anilines is 1. The lowest BCUT2D eigenvalue weighted by molar-refractivity contribution is 0.453. The molecule has 0 saturated heterocycles. The van der Waals surface area contributed by atoms with E-state index < -0.39 is 0 Å². The van der Waals surface area contributed by atoms with Gasteiger partial charge in [0.05, 0.1) is 11.1 Å². The fourth-order valence-corrected chi connectivity index (χ4v) is 2.31. The maximum Gasteiger partial charge on any atom is 0.204 e. The van der Waals surface area contributed by atoms with E-state index in [0.717, 1.165) is 6.07 Å². The number of rotatable bonds is 3. The van der Waals surface area contributed by atoms with Crippen LogP contribution >= 0.6 is 0 Å². The van der Waals surface area contributed by atoms with Crippen LogP contribution in [0.2, 0.25) is 0 Å². The molecule has 6 heteroatoms. The highest BCUT2D eigenvalue weighted by molar-refractivity contribution is 5.98. The number of phenolic OH excluding ortho intramolecular Hbond substituents is 2. The van der Waals surface area contributed by atoms with Crippen molar-refractivity contribution in [2.75, 3.05) is 18.4 Å². The lowest BCUT2D eigenvalue weighted by atomic mass is 10.1. The van der Waals surface area contributed by atoms with Gasteiger partial charge in [-0.3, -0.25) is 4.79 Å². The van der Waals surface area contributed by atoms with Gasteiger partial charge in [0.1, 0.15) is 22.5 Å². The van der Waals surface area contributed by atoms with E-state index in [1.165, 1.54) is 6.07 Å². The predicted octanol–water partition coefficient (Wildman–Crippen LogP) is 1.73. The Bertz CT molecular complexity index is 886. The molecule has 0 fully saturated rings. The number of fused-ring (bicyclic) bond motifs is 2. The molecule has 0 bridgehead atoms. The molecule has 5 N–H and O–H groups in total. The molecule has 2 aromatic carbocycles. The van der Waals surface area contributed by atoms with Crippen LogP contribution < -0.4 is 16.5 Å². The van der Waals surface area contributed by atoms with Crippen molar-refractivity contribution in [2.45, 2.75) is 0 Å². The van der Waals surface area contributed by atoms with Gasteiger partial charge in [-0.25, -0.2) is 0 Å². The highest BCUT2D eigenvalue weighted by Gasteiger charge is 2.14. The van der Waals surface area contributed by atoms with E-state index in [2.05, 4.69) is 5.32 Å². The summed E-state index contributed by atoms with van der Waals surface area (Å²) in [7, 11) is 0. The van der Waals surface area contributed by atoms with Crippen LogP contribution in [0.1, 0.15) is 0 Å². The SMILES string of the molecule is NCCNc1cccc2c(=O)c3c(O)cc(O)cc3oc12. The van der Waals surface area contributed by atoms with Crippen LogP contribution in [-0.4, -0.2) is 23.3 Å². The fraction of sp³-hybridized carbons (Fsp3) is 0.133. The third-order valence-electron chi connectivity index (χ3n) is 3.22. The lowest BCUT2D eigenvalue weighted by Gasteiger charge is -2.09. The Kier molecular flexibility index (Phi) is 3.15. The Labute approximate surface area is 119 Å². The number of hydrogen-bond acceptors (Lipinski definition) is 6. The Morgan fingerprint density at radius 3 is 2.81 bits per heavy atom. The molecular weight excluding hydrogens is 272 g/mol. The fourth-order valence-electron chi connectivity index (χ4n) is 2.31. The van der Waals surface area contributed by atoms with Crippen LogP contribution in [0.15, 0.2) is 39.5 Å². The van der Waals surface area contributed by atoms with Crippen LogP contribution in [0.3, 0.4) is 0 Å². The second-order valence-corrected chi connectivity index (χ2v) is 4.67. The summed E-state index contributed by atoms with van der Waals surface area (Å²) in [4.78, 5) is 12.5. The Hall–Kier alpha value is -2.73. The molecule has 0 saturated carbocycles. The first-order valence-electron chi connectivity index (χ1n) is 6.47. The zero-order valence-electron chi connectivity index (χ0n) is 11.1. The van der Waals surface area contributed by atoms with Crippen LogP contribution in [0.4, 0.5) is 5.69 Å². The molecular formula is C15H14N2O4. The van der Waals surface area contributed by atoms with Crippen molar-refractivity contribution >= 4 is 27.6 Å². The van der Waals surface area contributed by atoms with Crippen molar-refractivity contribution < 1.29 is 14.6 Å². The predicted molar refractivity (Wildman–Crippen MR) is 80.9 cm³/mol. The van der Waals surface area contributed by atoms with Gasteiger partial charge in [0, 0.05) is 25.2 Å². The van der Waals surface area contributed by atoms with Gasteiger partial charge in [0.25, 0.3) is 0 Å². The topological polar surface area (TPSA) is 109 Å². The minimum Gasteiger partial charge on any atom is -0.508 e. The first kappa shape index (κ1) is 13.3. The summed E-state index contributed by atoms with van der Waals surface area (Å²) in [6.07, 6.45) is 0. The molecule has 1 heterocycles. The summed E-state index contributed by atoms with van der Waals surface area (Å²) in [5.41, 5.74) is 6.25. The van der Waals surface area contributed by atoms with Gasteiger partial charge in [-0.1, -0.05) is 6.07 Å². The van der Waals surface area contributed by atoms with Gasteiger partial charge in [-0.05, 0) is 12.1 Å². The highest BCUT2D eigenvalue weighted by Crippen LogP contribution is 2.31. The largest absolute Gasteiger partial charge is 0.508 e. The summed E-state index contributed by atoms with van der Waals surface area (Å²) in [5.74, 6) is -0.476. The van der Waals surface area contributed by atoms with Gasteiger partial charge in [-0.15, -0.1) is 0 Å². The second-order valence-electron chi connectivity index (χ2n) is 4.67. The van der Waals surface area contributed by atoms with E-state index >= 15 is 0 Å². The van der Waals surface area contributed by atoms with Gasteiger partial charge in [0.2, 0.25) is 5.43 Å². The lowest BCUT2D eigenvalue weighted by Crippen LogP contribution is -2.13. The third kappa shape index (κ3) is 2.15. The maximum atomic E-state index is 12.5. The minimum atomic E-state index is -0.347. The van der Waals surface area contributed by atoms with E-state index in [1.807, 2.05) is 0 Å². The van der Waals surface area contributed by atoms with E-state index in [-0.39, 0.29) is 27.9 Å². The zero-order valence-corrected chi connectivity index (χ0v) is 11.1. The molecule has 21 heavy (non-hydrogen) atoms. The first-order valence-corrected chi connectivity index (χ1v) is 6.47. The standard InChI is InChI=1S/C15H14N2O4/c16-4-5-17-10-3-1-2-9-14(20)13-11(19)6-8(18)7-12(13)21-15(9)10/h1-3,6-7,17-19H,4-5,16H2. The maximum absolute atomic E-state index is 12.5. The van der Waals surface area contributed by atoms with Crippen LogP contribution in [0, 0.1) is 0 Å². The number of phenols is 2. The van der Waals surface area contributed by atoms with E-state index in [9.17, 15) is 15.0 Å². The number of hydrogen-bond donors (Lipinski definition) is 4. The summed E-state index contributed by atoms with van der Waals surface area (Å²) < 4.78 is 5.69. The number of aromatic hydroxyl groups is 2. The quantitative estimate of drug-likeness (QED) is 0.546. The molecule has 3 aromatic rings. The van der Waals surface area contributed by atoms with Crippen molar-refractivity contribution in [3.8, 4) is 11.5 Å². The molecule has 0 spiro atoms. The number of nitrogens with two attached hydrogens (primary N) is 1. The first-order chi connectivity index (χ1) is 10.1. The Morgan fingerprint density at radius 1 is 1.24 bits per heavy atom. The van der Waals surface area contributed by atoms with Gasteiger partial charge in [0.15, 0.2) is 5.58 Å². The van der Waals surface area contributed by atoms with Gasteiger partial charge < -0.3 is 25.7 Å². The number of nitrogens with one attached hydrogen (secondary N) is 1. The van der Waals surface area contributed by atoms with Crippen molar-refractivity contribution in [1.82, 2.24) is 0 Å². The number of para-hydroxylation sites is 1. The second kappa shape index (κ2) is 4.99. The molecule has 6 nitrogen and oxygen atoms in total. The van der Waals surface area contributed by atoms with E-state index in [0.29, 0.717) is 29.7 Å². The summed E-state index contributed by atoms with van der Waals surface area (Å²) in [6, 6.07) is 7.54. The van der Waals surface area contributed by atoms with Gasteiger partial charge in [-0.2, -0.15) is 0 Å². The average Bonchev–Trinajstić information content (AvgIpc) is 2.44. The van der Waals surface area contributed by atoms with Gasteiger partial charge >= 0.3 is 0 Å². The number of benzene rings is 2. The monoisotopic (exact) mass is 286 g/mol. The zero-order chi connectivity index (χ0) is 15.0. The normalized spacial score (nSPS) is 11.1. The smallest absolute Gasteiger partial charge is 0.204 e. The van der Waals surface area contributed by atoms with Crippen molar-refractivity contribution in [1.29, 1.82) is 0 Å².